The van der Waals surface area contributed by atoms with Crippen molar-refractivity contribution in [1.29, 1.82) is 0 Å². The van der Waals surface area contributed by atoms with E-state index in [1.54, 1.807) is 6.26 Å². The molecule has 0 spiro atoms. The van der Waals surface area contributed by atoms with E-state index in [0.717, 1.165) is 22.1 Å². The molecule has 0 radical (unpaired) electrons. The van der Waals surface area contributed by atoms with Crippen molar-refractivity contribution in [3.63, 3.8) is 0 Å². The minimum absolute atomic E-state index is 0.144. The summed E-state index contributed by atoms with van der Waals surface area (Å²) < 4.78 is 5.54. The minimum Gasteiger partial charge on any atom is -0.464 e. The molecule has 0 saturated carbocycles. The molecule has 2 aromatic carbocycles. The Morgan fingerprint density at radius 1 is 1.00 bits per heavy atom. The largest absolute Gasteiger partial charge is 0.464 e. The quantitative estimate of drug-likeness (QED) is 0.736. The molecule has 0 saturated heterocycles. The molecule has 3 aromatic rings. The number of para-hydroxylation sites is 1. The van der Waals surface area contributed by atoms with E-state index in [0.29, 0.717) is 0 Å². The predicted octanol–water partition coefficient (Wildman–Crippen LogP) is 3.79. The maximum absolute atomic E-state index is 6.32. The summed E-state index contributed by atoms with van der Waals surface area (Å²) in [6, 6.07) is 16.1. The number of furan rings is 1. The summed E-state index contributed by atoms with van der Waals surface area (Å²) in [5, 5.41) is 1.09. The van der Waals surface area contributed by atoms with Crippen LogP contribution in [0.2, 0.25) is 0 Å². The molecule has 2 nitrogen and oxygen atoms in total. The van der Waals surface area contributed by atoms with Gasteiger partial charge < -0.3 is 10.2 Å². The number of fused-ring (bicyclic) bond motifs is 1. The first kappa shape index (κ1) is 11.1. The van der Waals surface area contributed by atoms with Crippen molar-refractivity contribution in [1.82, 2.24) is 0 Å². The van der Waals surface area contributed by atoms with Crippen LogP contribution in [0.15, 0.2) is 59.2 Å². The summed E-state index contributed by atoms with van der Waals surface area (Å²) in [5.41, 5.74) is 10.6. The summed E-state index contributed by atoms with van der Waals surface area (Å²) in [5.74, 6) is 0. The molecule has 0 bridgehead atoms. The van der Waals surface area contributed by atoms with Crippen LogP contribution in [0, 0.1) is 6.92 Å². The molecule has 18 heavy (non-hydrogen) atoms. The van der Waals surface area contributed by atoms with Crippen molar-refractivity contribution < 1.29 is 4.42 Å². The number of aryl methyl sites for hydroxylation is 1. The average molecular weight is 237 g/mol. The van der Waals surface area contributed by atoms with Crippen LogP contribution in [0.25, 0.3) is 11.0 Å². The first-order chi connectivity index (χ1) is 8.75. The van der Waals surface area contributed by atoms with E-state index < -0.39 is 0 Å². The van der Waals surface area contributed by atoms with E-state index in [4.69, 9.17) is 10.2 Å². The van der Waals surface area contributed by atoms with Gasteiger partial charge in [-0.15, -0.1) is 0 Å². The van der Waals surface area contributed by atoms with Gasteiger partial charge in [0.25, 0.3) is 0 Å². The van der Waals surface area contributed by atoms with Crippen LogP contribution in [0.3, 0.4) is 0 Å². The fraction of sp³-hybridized carbons (Fsp3) is 0.125. The van der Waals surface area contributed by atoms with Crippen molar-refractivity contribution in [3.05, 3.63) is 71.5 Å². The van der Waals surface area contributed by atoms with Gasteiger partial charge in [-0.05, 0) is 18.6 Å². The van der Waals surface area contributed by atoms with Gasteiger partial charge in [-0.2, -0.15) is 0 Å². The van der Waals surface area contributed by atoms with Gasteiger partial charge in [-0.3, -0.25) is 0 Å². The van der Waals surface area contributed by atoms with Crippen LogP contribution in [-0.2, 0) is 0 Å². The lowest BCUT2D eigenvalue weighted by molar-refractivity contribution is 0.607. The van der Waals surface area contributed by atoms with Crippen molar-refractivity contribution in [2.24, 2.45) is 5.73 Å². The summed E-state index contributed by atoms with van der Waals surface area (Å²) in [4.78, 5) is 0. The van der Waals surface area contributed by atoms with Crippen LogP contribution in [0.5, 0.6) is 0 Å². The predicted molar refractivity (Wildman–Crippen MR) is 73.4 cm³/mol. The number of nitrogens with two attached hydrogens (primary N) is 1. The third-order valence-corrected chi connectivity index (χ3v) is 3.28. The molecule has 1 unspecified atom stereocenters. The third kappa shape index (κ3) is 1.81. The molecule has 3 rings (SSSR count). The first-order valence-corrected chi connectivity index (χ1v) is 6.04. The van der Waals surface area contributed by atoms with Gasteiger partial charge in [-0.1, -0.05) is 48.0 Å². The molecule has 1 aromatic heterocycles. The zero-order chi connectivity index (χ0) is 12.5. The van der Waals surface area contributed by atoms with Gasteiger partial charge in [-0.25, -0.2) is 0 Å². The van der Waals surface area contributed by atoms with E-state index in [1.165, 1.54) is 5.56 Å². The summed E-state index contributed by atoms with van der Waals surface area (Å²) in [6.07, 6.45) is 1.76. The Kier molecular flexibility index (Phi) is 2.65. The maximum Gasteiger partial charge on any atom is 0.134 e. The lowest BCUT2D eigenvalue weighted by Crippen LogP contribution is -2.11. The average Bonchev–Trinajstić information content (AvgIpc) is 2.82. The highest BCUT2D eigenvalue weighted by Gasteiger charge is 2.14. The van der Waals surface area contributed by atoms with Crippen LogP contribution in [-0.4, -0.2) is 0 Å². The maximum atomic E-state index is 6.32. The van der Waals surface area contributed by atoms with Gasteiger partial charge in [0.05, 0.1) is 12.3 Å². The van der Waals surface area contributed by atoms with E-state index in [9.17, 15) is 0 Å². The van der Waals surface area contributed by atoms with Crippen LogP contribution < -0.4 is 5.73 Å². The molecule has 0 aliphatic carbocycles. The minimum atomic E-state index is -0.144. The van der Waals surface area contributed by atoms with Gasteiger partial charge in [0.1, 0.15) is 5.58 Å². The van der Waals surface area contributed by atoms with Gasteiger partial charge in [0.15, 0.2) is 0 Å². The number of hydrogen-bond donors (Lipinski definition) is 1. The zero-order valence-corrected chi connectivity index (χ0v) is 10.3. The van der Waals surface area contributed by atoms with E-state index >= 15 is 0 Å². The highest BCUT2D eigenvalue weighted by atomic mass is 16.3. The summed E-state index contributed by atoms with van der Waals surface area (Å²) in [7, 11) is 0. The standard InChI is InChI=1S/C16H15NO/c1-11-6-8-12(9-7-11)16(17)14-10-18-15-5-3-2-4-13(14)15/h2-10,16H,17H2,1H3. The monoisotopic (exact) mass is 237 g/mol. The Morgan fingerprint density at radius 2 is 1.72 bits per heavy atom. The zero-order valence-electron chi connectivity index (χ0n) is 10.3. The highest BCUT2D eigenvalue weighted by molar-refractivity contribution is 5.81. The van der Waals surface area contributed by atoms with Gasteiger partial charge in [0, 0.05) is 10.9 Å². The molecule has 2 N–H and O–H groups in total. The molecular formula is C16H15NO. The number of rotatable bonds is 2. The van der Waals surface area contributed by atoms with Crippen molar-refractivity contribution in [2.75, 3.05) is 0 Å². The van der Waals surface area contributed by atoms with Crippen molar-refractivity contribution >= 4 is 11.0 Å². The molecule has 2 heteroatoms. The van der Waals surface area contributed by atoms with E-state index in [-0.39, 0.29) is 6.04 Å². The molecular weight excluding hydrogens is 222 g/mol. The Labute approximate surface area is 106 Å². The SMILES string of the molecule is Cc1ccc(C(N)c2coc3ccccc23)cc1. The van der Waals surface area contributed by atoms with Crippen LogP contribution in [0.1, 0.15) is 22.7 Å². The molecule has 90 valence electrons. The normalized spacial score (nSPS) is 12.8. The summed E-state index contributed by atoms with van der Waals surface area (Å²) in [6.45, 7) is 2.07. The molecule has 0 amide bonds. The third-order valence-electron chi connectivity index (χ3n) is 3.28. The Hall–Kier alpha value is -2.06. The number of benzene rings is 2. The Bertz CT molecular complexity index is 667. The van der Waals surface area contributed by atoms with Gasteiger partial charge in [0.2, 0.25) is 0 Å². The second kappa shape index (κ2) is 4.31. The smallest absolute Gasteiger partial charge is 0.134 e. The van der Waals surface area contributed by atoms with E-state index in [2.05, 4.69) is 31.2 Å². The molecule has 1 heterocycles. The fourth-order valence-corrected chi connectivity index (χ4v) is 2.19. The lowest BCUT2D eigenvalue weighted by Gasteiger charge is -2.10. The number of hydrogen-bond acceptors (Lipinski definition) is 2. The molecule has 0 fully saturated rings. The van der Waals surface area contributed by atoms with Crippen molar-refractivity contribution in [3.8, 4) is 0 Å². The lowest BCUT2D eigenvalue weighted by atomic mass is 9.98. The first-order valence-electron chi connectivity index (χ1n) is 6.04. The van der Waals surface area contributed by atoms with E-state index in [1.807, 2.05) is 24.3 Å². The second-order valence-corrected chi connectivity index (χ2v) is 4.58. The Balaban J connectivity index is 2.06. The molecule has 1 atom stereocenters. The molecule has 0 aliphatic heterocycles. The van der Waals surface area contributed by atoms with Gasteiger partial charge >= 0.3 is 0 Å². The van der Waals surface area contributed by atoms with Crippen LogP contribution >= 0.6 is 0 Å². The second-order valence-electron chi connectivity index (χ2n) is 4.58. The fourth-order valence-electron chi connectivity index (χ4n) is 2.19. The Morgan fingerprint density at radius 3 is 2.50 bits per heavy atom. The highest BCUT2D eigenvalue weighted by Crippen LogP contribution is 2.28. The molecule has 0 aliphatic rings. The van der Waals surface area contributed by atoms with Crippen LogP contribution in [0.4, 0.5) is 0 Å². The topological polar surface area (TPSA) is 39.2 Å². The van der Waals surface area contributed by atoms with Crippen molar-refractivity contribution in [2.45, 2.75) is 13.0 Å². The summed E-state index contributed by atoms with van der Waals surface area (Å²) >= 11 is 0.